The molecule has 5 N–H and O–H groups in total. The molecule has 9 nitrogen and oxygen atoms in total. The van der Waals surface area contributed by atoms with Gasteiger partial charge in [0.05, 0.1) is 30.7 Å². The van der Waals surface area contributed by atoms with Gasteiger partial charge in [0.1, 0.15) is 23.4 Å². The summed E-state index contributed by atoms with van der Waals surface area (Å²) in [5.41, 5.74) is 15.7. The maximum atomic E-state index is 6.40. The molecule has 2 aliphatic heterocycles. The maximum Gasteiger partial charge on any atom is 0.142 e. The fraction of sp³-hybridized carbons (Fsp3) is 0.565. The van der Waals surface area contributed by atoms with E-state index in [1.54, 1.807) is 13.4 Å². The number of aliphatic imine (C=N–C) groups is 1. The van der Waals surface area contributed by atoms with Crippen molar-refractivity contribution in [3.63, 3.8) is 0 Å². The third kappa shape index (κ3) is 3.85. The van der Waals surface area contributed by atoms with Gasteiger partial charge >= 0.3 is 0 Å². The quantitative estimate of drug-likeness (QED) is 0.628. The first kappa shape index (κ1) is 21.2. The number of nitrogen functional groups attached to an aromatic ring is 1. The topological polar surface area (TPSA) is 110 Å². The van der Waals surface area contributed by atoms with E-state index in [1.807, 2.05) is 18.2 Å². The summed E-state index contributed by atoms with van der Waals surface area (Å²) in [6.45, 7) is 4.70. The summed E-state index contributed by atoms with van der Waals surface area (Å²) in [6.07, 6.45) is 5.88. The zero-order valence-corrected chi connectivity index (χ0v) is 19.0. The van der Waals surface area contributed by atoms with Crippen LogP contribution in [0.3, 0.4) is 0 Å². The molecule has 9 heteroatoms. The smallest absolute Gasteiger partial charge is 0.142 e. The number of likely N-dealkylation sites (N-methyl/N-ethyl adjacent to an activating group) is 1. The van der Waals surface area contributed by atoms with Gasteiger partial charge in [-0.05, 0) is 44.9 Å². The van der Waals surface area contributed by atoms with E-state index in [9.17, 15) is 0 Å². The molecule has 2 aromatic rings. The number of nitrogens with one attached hydrogen (secondary N) is 1. The van der Waals surface area contributed by atoms with Gasteiger partial charge in [0.2, 0.25) is 0 Å². The normalized spacial score (nSPS) is 26.5. The first-order valence-corrected chi connectivity index (χ1v) is 11.6. The van der Waals surface area contributed by atoms with E-state index in [0.29, 0.717) is 23.5 Å². The van der Waals surface area contributed by atoms with Crippen LogP contribution in [0.2, 0.25) is 0 Å². The lowest BCUT2D eigenvalue weighted by atomic mass is 9.89. The Morgan fingerprint density at radius 1 is 1.06 bits per heavy atom. The lowest BCUT2D eigenvalue weighted by Gasteiger charge is -2.41. The maximum absolute atomic E-state index is 6.40. The summed E-state index contributed by atoms with van der Waals surface area (Å²) in [7, 11) is 3.84. The number of nitrogens with two attached hydrogens (primary N) is 2. The van der Waals surface area contributed by atoms with Crippen LogP contribution in [0.4, 0.5) is 11.5 Å². The number of nitrogens with zero attached hydrogens (tertiary/aromatic N) is 5. The van der Waals surface area contributed by atoms with Crippen molar-refractivity contribution in [1.82, 2.24) is 19.6 Å². The molecule has 0 bridgehead atoms. The Hall–Kier alpha value is -2.62. The molecule has 2 fully saturated rings. The molecule has 0 spiro atoms. The zero-order valence-electron chi connectivity index (χ0n) is 19.0. The highest BCUT2D eigenvalue weighted by molar-refractivity contribution is 5.84. The molecule has 5 rings (SSSR count). The van der Waals surface area contributed by atoms with Crippen LogP contribution in [0.15, 0.2) is 23.2 Å². The Balaban J connectivity index is 1.40. The SMILES string of the molecule is COc1cc(-c2nn(C3CCC(N4CCN(C)CC4)CC3)c3c2C(N)N=CN3)ccc1N. The lowest BCUT2D eigenvalue weighted by Crippen LogP contribution is -2.50. The van der Waals surface area contributed by atoms with Crippen molar-refractivity contribution in [3.8, 4) is 17.0 Å². The molecule has 172 valence electrons. The average Bonchev–Trinajstić information content (AvgIpc) is 3.21. The number of piperazine rings is 1. The van der Waals surface area contributed by atoms with Crippen LogP contribution in [0.1, 0.15) is 43.5 Å². The Kier molecular flexibility index (Phi) is 5.79. The molecule has 1 atom stereocenters. The van der Waals surface area contributed by atoms with Crippen LogP contribution in [0.25, 0.3) is 11.3 Å². The second-order valence-corrected chi connectivity index (χ2v) is 9.18. The molecule has 1 aromatic carbocycles. The van der Waals surface area contributed by atoms with Crippen molar-refractivity contribution in [2.75, 3.05) is 51.4 Å². The van der Waals surface area contributed by atoms with Crippen molar-refractivity contribution in [3.05, 3.63) is 23.8 Å². The molecule has 1 unspecified atom stereocenters. The van der Waals surface area contributed by atoms with Crippen molar-refractivity contribution in [2.24, 2.45) is 10.7 Å². The predicted octanol–water partition coefficient (Wildman–Crippen LogP) is 2.28. The van der Waals surface area contributed by atoms with Crippen LogP contribution in [0, 0.1) is 0 Å². The summed E-state index contributed by atoms with van der Waals surface area (Å²) in [4.78, 5) is 9.48. The van der Waals surface area contributed by atoms with Gasteiger partial charge in [0.15, 0.2) is 0 Å². The van der Waals surface area contributed by atoms with E-state index in [2.05, 4.69) is 31.8 Å². The van der Waals surface area contributed by atoms with E-state index >= 15 is 0 Å². The van der Waals surface area contributed by atoms with Crippen molar-refractivity contribution >= 4 is 17.8 Å². The highest BCUT2D eigenvalue weighted by atomic mass is 16.5. The number of methoxy groups -OCH3 is 1. The Morgan fingerprint density at radius 2 is 1.78 bits per heavy atom. The van der Waals surface area contributed by atoms with E-state index in [0.717, 1.165) is 35.5 Å². The average molecular weight is 439 g/mol. The number of anilines is 2. The first-order valence-electron chi connectivity index (χ1n) is 11.6. The number of aromatic nitrogens is 2. The molecular weight excluding hydrogens is 404 g/mol. The molecule has 1 aliphatic carbocycles. The van der Waals surface area contributed by atoms with Crippen LogP contribution in [-0.4, -0.2) is 72.3 Å². The van der Waals surface area contributed by atoms with Gasteiger partial charge in [-0.25, -0.2) is 4.68 Å². The molecule has 1 aromatic heterocycles. The Morgan fingerprint density at radius 3 is 2.50 bits per heavy atom. The fourth-order valence-electron chi connectivity index (χ4n) is 5.32. The van der Waals surface area contributed by atoms with Gasteiger partial charge in [-0.3, -0.25) is 9.89 Å². The van der Waals surface area contributed by atoms with E-state index in [4.69, 9.17) is 21.3 Å². The van der Waals surface area contributed by atoms with Crippen molar-refractivity contribution in [2.45, 2.75) is 43.9 Å². The van der Waals surface area contributed by atoms with E-state index in [-0.39, 0.29) is 0 Å². The third-order valence-corrected chi connectivity index (χ3v) is 7.25. The van der Waals surface area contributed by atoms with Gasteiger partial charge in [-0.15, -0.1) is 0 Å². The second kappa shape index (κ2) is 8.73. The number of ether oxygens (including phenoxy) is 1. The molecule has 1 saturated carbocycles. The minimum atomic E-state index is -0.444. The predicted molar refractivity (Wildman–Crippen MR) is 128 cm³/mol. The number of hydrogen-bond acceptors (Lipinski definition) is 8. The third-order valence-electron chi connectivity index (χ3n) is 7.25. The minimum Gasteiger partial charge on any atom is -0.495 e. The Bertz CT molecular complexity index is 986. The number of rotatable bonds is 4. The van der Waals surface area contributed by atoms with Gasteiger partial charge in [-0.2, -0.15) is 5.10 Å². The summed E-state index contributed by atoms with van der Waals surface area (Å²) in [6, 6.07) is 6.79. The van der Waals surface area contributed by atoms with Crippen LogP contribution in [-0.2, 0) is 0 Å². The van der Waals surface area contributed by atoms with Crippen LogP contribution in [0.5, 0.6) is 5.75 Å². The highest BCUT2D eigenvalue weighted by Gasteiger charge is 2.33. The highest BCUT2D eigenvalue weighted by Crippen LogP contribution is 2.41. The van der Waals surface area contributed by atoms with Crippen LogP contribution >= 0.6 is 0 Å². The molecule has 0 amide bonds. The summed E-state index contributed by atoms with van der Waals surface area (Å²) in [5.74, 6) is 1.60. The van der Waals surface area contributed by atoms with Gasteiger partial charge < -0.3 is 26.4 Å². The van der Waals surface area contributed by atoms with Gasteiger partial charge in [0, 0.05) is 37.8 Å². The van der Waals surface area contributed by atoms with Gasteiger partial charge in [0.25, 0.3) is 0 Å². The number of hydrogen-bond donors (Lipinski definition) is 3. The molecule has 3 aliphatic rings. The fourth-order valence-corrected chi connectivity index (χ4v) is 5.32. The van der Waals surface area contributed by atoms with Gasteiger partial charge in [-0.1, -0.05) is 6.07 Å². The zero-order chi connectivity index (χ0) is 22.2. The molecule has 3 heterocycles. The van der Waals surface area contributed by atoms with E-state index in [1.165, 1.54) is 39.0 Å². The molecule has 1 saturated heterocycles. The second-order valence-electron chi connectivity index (χ2n) is 9.18. The first-order chi connectivity index (χ1) is 15.5. The van der Waals surface area contributed by atoms with Crippen molar-refractivity contribution < 1.29 is 4.74 Å². The molecule has 32 heavy (non-hydrogen) atoms. The molecule has 0 radical (unpaired) electrons. The summed E-state index contributed by atoms with van der Waals surface area (Å²) in [5, 5.41) is 8.39. The lowest BCUT2D eigenvalue weighted by molar-refractivity contribution is 0.0813. The summed E-state index contributed by atoms with van der Waals surface area (Å²) < 4.78 is 7.59. The number of fused-ring (bicyclic) bond motifs is 1. The Labute approximate surface area is 189 Å². The standard InChI is InChI=1S/C23H34N8O/c1-29-9-11-30(12-10-29)16-4-6-17(7-5-16)31-23-20(22(25)26-14-27-23)21(28-31)15-3-8-18(24)19(13-15)32-2/h3,8,13-14,16-17,22H,4-7,9-12,24-25H2,1-2H3,(H,26,27). The van der Waals surface area contributed by atoms with Crippen molar-refractivity contribution in [1.29, 1.82) is 0 Å². The summed E-state index contributed by atoms with van der Waals surface area (Å²) >= 11 is 0. The monoisotopic (exact) mass is 438 g/mol. The van der Waals surface area contributed by atoms with Crippen LogP contribution < -0.4 is 21.5 Å². The largest absolute Gasteiger partial charge is 0.495 e. The minimum absolute atomic E-state index is 0.350. The molecular formula is C23H34N8O. The number of benzene rings is 1. The van der Waals surface area contributed by atoms with E-state index < -0.39 is 6.17 Å².